The van der Waals surface area contributed by atoms with Gasteiger partial charge >= 0.3 is 0 Å². The predicted octanol–water partition coefficient (Wildman–Crippen LogP) is 6.12. The SMILES string of the molecule is CN1C(=CC=CC=CC=Cc2ccccc2)C(C)(C)c2ccccc21. The zero-order valence-corrected chi connectivity index (χ0v) is 15.2. The molecule has 0 spiro atoms. The molecular weight excluding hydrogens is 302 g/mol. The fourth-order valence-electron chi connectivity index (χ4n) is 3.37. The van der Waals surface area contributed by atoms with Crippen LogP contribution in [0.5, 0.6) is 0 Å². The van der Waals surface area contributed by atoms with E-state index in [1.807, 2.05) is 18.2 Å². The average molecular weight is 327 g/mol. The highest BCUT2D eigenvalue weighted by Crippen LogP contribution is 2.46. The van der Waals surface area contributed by atoms with Gasteiger partial charge in [-0.1, -0.05) is 98.8 Å². The minimum atomic E-state index is 0.0343. The Balaban J connectivity index is 1.67. The van der Waals surface area contributed by atoms with Crippen molar-refractivity contribution in [1.29, 1.82) is 0 Å². The number of nitrogens with zero attached hydrogens (tertiary/aromatic N) is 1. The summed E-state index contributed by atoms with van der Waals surface area (Å²) in [5.74, 6) is 0. The van der Waals surface area contributed by atoms with Crippen LogP contribution < -0.4 is 4.90 Å². The van der Waals surface area contributed by atoms with Gasteiger partial charge < -0.3 is 4.90 Å². The first kappa shape index (κ1) is 17.0. The van der Waals surface area contributed by atoms with Gasteiger partial charge in [-0.15, -0.1) is 0 Å². The monoisotopic (exact) mass is 327 g/mol. The summed E-state index contributed by atoms with van der Waals surface area (Å²) in [5.41, 5.74) is 5.25. The van der Waals surface area contributed by atoms with E-state index in [0.29, 0.717) is 0 Å². The van der Waals surface area contributed by atoms with E-state index >= 15 is 0 Å². The number of para-hydroxylation sites is 1. The Kier molecular flexibility index (Phi) is 5.04. The minimum absolute atomic E-state index is 0.0343. The first-order valence-corrected chi connectivity index (χ1v) is 8.71. The quantitative estimate of drug-likeness (QED) is 0.611. The summed E-state index contributed by atoms with van der Waals surface area (Å²) in [6.07, 6.45) is 14.7. The molecule has 0 aliphatic carbocycles. The van der Waals surface area contributed by atoms with Crippen molar-refractivity contribution in [2.24, 2.45) is 0 Å². The largest absolute Gasteiger partial charge is 0.347 e. The van der Waals surface area contributed by atoms with Gasteiger partial charge in [0.1, 0.15) is 0 Å². The van der Waals surface area contributed by atoms with E-state index in [9.17, 15) is 0 Å². The van der Waals surface area contributed by atoms with Crippen molar-refractivity contribution < 1.29 is 0 Å². The van der Waals surface area contributed by atoms with E-state index in [2.05, 4.69) is 105 Å². The van der Waals surface area contributed by atoms with Crippen LogP contribution in [0.25, 0.3) is 6.08 Å². The molecule has 0 aromatic heterocycles. The van der Waals surface area contributed by atoms with Crippen LogP contribution in [0.4, 0.5) is 5.69 Å². The van der Waals surface area contributed by atoms with Crippen molar-refractivity contribution >= 4 is 11.8 Å². The van der Waals surface area contributed by atoms with Gasteiger partial charge in [0.2, 0.25) is 0 Å². The maximum absolute atomic E-state index is 2.29. The van der Waals surface area contributed by atoms with E-state index in [1.54, 1.807) is 0 Å². The molecule has 0 radical (unpaired) electrons. The Labute approximate surface area is 151 Å². The number of rotatable bonds is 4. The van der Waals surface area contributed by atoms with Crippen molar-refractivity contribution in [2.45, 2.75) is 19.3 Å². The third kappa shape index (κ3) is 3.66. The van der Waals surface area contributed by atoms with E-state index < -0.39 is 0 Å². The zero-order valence-electron chi connectivity index (χ0n) is 15.2. The van der Waals surface area contributed by atoms with Gasteiger partial charge in [-0.25, -0.2) is 0 Å². The number of anilines is 1. The third-order valence-corrected chi connectivity index (χ3v) is 4.73. The van der Waals surface area contributed by atoms with Crippen LogP contribution in [0.1, 0.15) is 25.0 Å². The number of likely N-dealkylation sites (N-methyl/N-ethyl adjacent to an activating group) is 1. The lowest BCUT2D eigenvalue weighted by Crippen LogP contribution is -2.22. The van der Waals surface area contributed by atoms with E-state index in [-0.39, 0.29) is 5.41 Å². The molecule has 1 nitrogen and oxygen atoms in total. The minimum Gasteiger partial charge on any atom is -0.347 e. The first-order chi connectivity index (χ1) is 12.1. The van der Waals surface area contributed by atoms with E-state index in [4.69, 9.17) is 0 Å². The van der Waals surface area contributed by atoms with Gasteiger partial charge in [-0.2, -0.15) is 0 Å². The van der Waals surface area contributed by atoms with Crippen molar-refractivity contribution in [3.63, 3.8) is 0 Å². The second-order valence-electron chi connectivity index (χ2n) is 6.79. The summed E-state index contributed by atoms with van der Waals surface area (Å²) in [4.78, 5) is 2.29. The van der Waals surface area contributed by atoms with Gasteiger partial charge in [0.25, 0.3) is 0 Å². The molecular formula is C24H25N. The molecule has 0 amide bonds. The molecule has 0 fully saturated rings. The Morgan fingerprint density at radius 3 is 2.16 bits per heavy atom. The molecule has 0 saturated heterocycles. The molecule has 0 saturated carbocycles. The molecule has 0 bridgehead atoms. The van der Waals surface area contributed by atoms with E-state index in [1.165, 1.54) is 22.5 Å². The number of allylic oxidation sites excluding steroid dienone is 7. The first-order valence-electron chi connectivity index (χ1n) is 8.71. The van der Waals surface area contributed by atoms with Crippen molar-refractivity contribution in [2.75, 3.05) is 11.9 Å². The molecule has 0 atom stereocenters. The Bertz CT molecular complexity index is 835. The van der Waals surface area contributed by atoms with Gasteiger partial charge in [0.05, 0.1) is 0 Å². The summed E-state index contributed by atoms with van der Waals surface area (Å²) in [7, 11) is 2.14. The highest BCUT2D eigenvalue weighted by Gasteiger charge is 2.37. The van der Waals surface area contributed by atoms with E-state index in [0.717, 1.165) is 0 Å². The lowest BCUT2D eigenvalue weighted by molar-refractivity contribution is 0.640. The highest BCUT2D eigenvalue weighted by molar-refractivity contribution is 5.70. The van der Waals surface area contributed by atoms with Gasteiger partial charge in [-0.3, -0.25) is 0 Å². The Morgan fingerprint density at radius 1 is 0.760 bits per heavy atom. The molecule has 3 rings (SSSR count). The number of hydrogen-bond acceptors (Lipinski definition) is 1. The van der Waals surface area contributed by atoms with Gasteiger partial charge in [-0.05, 0) is 23.3 Å². The molecule has 0 N–H and O–H groups in total. The number of hydrogen-bond donors (Lipinski definition) is 0. The van der Waals surface area contributed by atoms with Crippen LogP contribution in [0.3, 0.4) is 0 Å². The molecule has 25 heavy (non-hydrogen) atoms. The average Bonchev–Trinajstić information content (AvgIpc) is 2.82. The van der Waals surface area contributed by atoms with Gasteiger partial charge in [0, 0.05) is 23.8 Å². The molecule has 2 aromatic carbocycles. The highest BCUT2D eigenvalue weighted by atomic mass is 15.2. The predicted molar refractivity (Wildman–Crippen MR) is 110 cm³/mol. The molecule has 1 heteroatoms. The molecule has 1 aliphatic heterocycles. The lowest BCUT2D eigenvalue weighted by Gasteiger charge is -2.23. The van der Waals surface area contributed by atoms with Crippen molar-refractivity contribution in [3.05, 3.63) is 108 Å². The number of benzene rings is 2. The molecule has 126 valence electrons. The van der Waals surface area contributed by atoms with Crippen molar-refractivity contribution in [3.8, 4) is 0 Å². The number of fused-ring (bicyclic) bond motifs is 1. The molecule has 2 aromatic rings. The van der Waals surface area contributed by atoms with Crippen molar-refractivity contribution in [1.82, 2.24) is 0 Å². The maximum atomic E-state index is 2.29. The van der Waals surface area contributed by atoms with Crippen LogP contribution in [-0.2, 0) is 5.41 Å². The van der Waals surface area contributed by atoms with Crippen LogP contribution >= 0.6 is 0 Å². The van der Waals surface area contributed by atoms with Crippen LogP contribution in [0, 0.1) is 0 Å². The molecule has 1 aliphatic rings. The molecule has 0 unspecified atom stereocenters. The smallest absolute Gasteiger partial charge is 0.0447 e. The fourth-order valence-corrected chi connectivity index (χ4v) is 3.37. The molecule has 1 heterocycles. The third-order valence-electron chi connectivity index (χ3n) is 4.73. The normalized spacial score (nSPS) is 18.0. The maximum Gasteiger partial charge on any atom is 0.0447 e. The summed E-state index contributed by atoms with van der Waals surface area (Å²) < 4.78 is 0. The summed E-state index contributed by atoms with van der Waals surface area (Å²) in [6, 6.07) is 19.0. The van der Waals surface area contributed by atoms with Crippen LogP contribution in [-0.4, -0.2) is 7.05 Å². The second kappa shape index (κ2) is 7.40. The summed E-state index contributed by atoms with van der Waals surface area (Å²) in [5, 5.41) is 0. The Hall–Kier alpha value is -2.80. The summed E-state index contributed by atoms with van der Waals surface area (Å²) in [6.45, 7) is 4.57. The summed E-state index contributed by atoms with van der Waals surface area (Å²) >= 11 is 0. The van der Waals surface area contributed by atoms with Crippen LogP contribution in [0.15, 0.2) is 96.8 Å². The van der Waals surface area contributed by atoms with Crippen LogP contribution in [0.2, 0.25) is 0 Å². The zero-order chi connectivity index (χ0) is 17.7. The standard InChI is InChI=1S/C24H25N/c1-24(2)21-17-12-13-18-22(21)25(3)23(24)19-11-6-4-5-8-14-20-15-9-7-10-16-20/h4-19H,1-3H3. The topological polar surface area (TPSA) is 3.24 Å². The van der Waals surface area contributed by atoms with Gasteiger partial charge in [0.15, 0.2) is 0 Å². The Morgan fingerprint density at radius 2 is 1.40 bits per heavy atom. The lowest BCUT2D eigenvalue weighted by atomic mass is 9.84. The second-order valence-corrected chi connectivity index (χ2v) is 6.79. The fraction of sp³-hybridized carbons (Fsp3) is 0.167.